The van der Waals surface area contributed by atoms with E-state index in [-0.39, 0.29) is 0 Å². The fourth-order valence-corrected chi connectivity index (χ4v) is 4.05. The lowest BCUT2D eigenvalue weighted by molar-refractivity contribution is -0.135. The van der Waals surface area contributed by atoms with Gasteiger partial charge >= 0.3 is 6.03 Å². The molecule has 1 heterocycles. The summed E-state index contributed by atoms with van der Waals surface area (Å²) in [4.78, 5) is 39.7. The summed E-state index contributed by atoms with van der Waals surface area (Å²) in [6, 6.07) is 23.7. The predicted molar refractivity (Wildman–Crippen MR) is 127 cm³/mol. The summed E-state index contributed by atoms with van der Waals surface area (Å²) in [7, 11) is 0. The monoisotopic (exact) mass is 472 g/mol. The molecule has 7 nitrogen and oxygen atoms in total. The van der Waals surface area contributed by atoms with Gasteiger partial charge in [-0.2, -0.15) is 5.26 Å². The lowest BCUT2D eigenvalue weighted by atomic mass is 9.91. The van der Waals surface area contributed by atoms with Crippen LogP contribution in [0.5, 0.6) is 0 Å². The van der Waals surface area contributed by atoms with E-state index in [2.05, 4.69) is 10.6 Å². The Morgan fingerprint density at radius 3 is 2.26 bits per heavy atom. The summed E-state index contributed by atoms with van der Waals surface area (Å²) in [5.74, 6) is -1.03. The van der Waals surface area contributed by atoms with Crippen LogP contribution in [0.1, 0.15) is 35.2 Å². The number of rotatable bonds is 6. The van der Waals surface area contributed by atoms with Gasteiger partial charge in [0, 0.05) is 5.02 Å². The Hall–Kier alpha value is -4.15. The molecule has 0 aromatic heterocycles. The number of urea groups is 1. The first-order valence-corrected chi connectivity index (χ1v) is 10.9. The molecule has 4 rings (SSSR count). The molecule has 2 N–H and O–H groups in total. The molecule has 4 amide bonds. The highest BCUT2D eigenvalue weighted by Crippen LogP contribution is 2.29. The minimum Gasteiger partial charge on any atom is -0.344 e. The van der Waals surface area contributed by atoms with Gasteiger partial charge in [-0.3, -0.25) is 14.5 Å². The molecular formula is C26H21ClN4O3. The predicted octanol–water partition coefficient (Wildman–Crippen LogP) is 3.88. The Bertz CT molecular complexity index is 1270. The van der Waals surface area contributed by atoms with Crippen LogP contribution in [0.15, 0.2) is 78.9 Å². The maximum atomic E-state index is 13.2. The van der Waals surface area contributed by atoms with Gasteiger partial charge in [0.2, 0.25) is 5.91 Å². The van der Waals surface area contributed by atoms with Gasteiger partial charge < -0.3 is 10.6 Å². The molecule has 170 valence electrons. The van der Waals surface area contributed by atoms with E-state index in [4.69, 9.17) is 16.9 Å². The first-order valence-electron chi connectivity index (χ1n) is 10.6. The van der Waals surface area contributed by atoms with Gasteiger partial charge in [0.1, 0.15) is 12.1 Å². The number of nitrogens with zero attached hydrogens (tertiary/aromatic N) is 2. The van der Waals surface area contributed by atoms with Gasteiger partial charge in [-0.1, -0.05) is 66.2 Å². The van der Waals surface area contributed by atoms with Crippen LogP contribution in [0.4, 0.5) is 4.79 Å². The number of carbonyl (C=O) groups is 3. The van der Waals surface area contributed by atoms with Crippen LogP contribution in [0, 0.1) is 11.3 Å². The summed E-state index contributed by atoms with van der Waals surface area (Å²) in [6.45, 7) is 1.14. The quantitative estimate of drug-likeness (QED) is 0.531. The van der Waals surface area contributed by atoms with Gasteiger partial charge in [0.05, 0.1) is 17.7 Å². The fraction of sp³-hybridized carbons (Fsp3) is 0.154. The molecule has 1 fully saturated rings. The van der Waals surface area contributed by atoms with Crippen LogP contribution in [0.3, 0.4) is 0 Å². The summed E-state index contributed by atoms with van der Waals surface area (Å²) >= 11 is 6.02. The second-order valence-corrected chi connectivity index (χ2v) is 8.53. The molecule has 8 heteroatoms. The third-order valence-corrected chi connectivity index (χ3v) is 6.06. The summed E-state index contributed by atoms with van der Waals surface area (Å²) in [5, 5.41) is 15.2. The number of carbonyl (C=O) groups excluding carboxylic acids is 3. The van der Waals surface area contributed by atoms with Crippen molar-refractivity contribution >= 4 is 29.4 Å². The van der Waals surface area contributed by atoms with Crippen LogP contribution in [-0.2, 0) is 15.1 Å². The van der Waals surface area contributed by atoms with Crippen molar-refractivity contribution in [2.75, 3.05) is 6.54 Å². The molecule has 0 unspecified atom stereocenters. The van der Waals surface area contributed by atoms with Gasteiger partial charge in [-0.05, 0) is 47.9 Å². The van der Waals surface area contributed by atoms with Crippen molar-refractivity contribution < 1.29 is 14.4 Å². The number of hydrogen-bond acceptors (Lipinski definition) is 4. The van der Waals surface area contributed by atoms with Crippen molar-refractivity contribution in [3.05, 3.63) is 106 Å². The number of imide groups is 1. The fourth-order valence-electron chi connectivity index (χ4n) is 3.92. The lowest BCUT2D eigenvalue weighted by Crippen LogP contribution is -2.44. The van der Waals surface area contributed by atoms with E-state index in [1.54, 1.807) is 43.3 Å². The van der Waals surface area contributed by atoms with Crippen LogP contribution in [-0.4, -0.2) is 29.3 Å². The highest BCUT2D eigenvalue weighted by Gasteiger charge is 2.49. The Balaban J connectivity index is 1.53. The third kappa shape index (κ3) is 4.49. The first-order chi connectivity index (χ1) is 16.3. The molecular weight excluding hydrogens is 452 g/mol. The molecule has 0 saturated carbocycles. The Morgan fingerprint density at radius 2 is 1.65 bits per heavy atom. The van der Waals surface area contributed by atoms with Crippen LogP contribution >= 0.6 is 11.6 Å². The zero-order chi connectivity index (χ0) is 24.3. The first kappa shape index (κ1) is 23.0. The van der Waals surface area contributed by atoms with E-state index < -0.39 is 36.0 Å². The Kier molecular flexibility index (Phi) is 6.35. The van der Waals surface area contributed by atoms with Crippen molar-refractivity contribution in [1.82, 2.24) is 15.5 Å². The molecule has 34 heavy (non-hydrogen) atoms. The minimum atomic E-state index is -1.33. The molecule has 3 aromatic carbocycles. The van der Waals surface area contributed by atoms with E-state index in [0.29, 0.717) is 16.1 Å². The summed E-state index contributed by atoms with van der Waals surface area (Å²) in [6.07, 6.45) is 0. The largest absolute Gasteiger partial charge is 0.344 e. The standard InChI is InChI=1S/C26H21ClN4O3/c1-26(20-11-7-17(15-28)8-12-20)24(33)31(25(34)30-26)16-22(32)29-23(18-5-3-2-4-6-18)19-9-13-21(27)14-10-19/h2-14,23H,16H2,1H3,(H,29,32)(H,30,34)/t23-,26+/m1/s1. The van der Waals surface area contributed by atoms with Crippen molar-refractivity contribution in [3.63, 3.8) is 0 Å². The molecule has 2 atom stereocenters. The molecule has 0 bridgehead atoms. The smallest absolute Gasteiger partial charge is 0.325 e. The zero-order valence-electron chi connectivity index (χ0n) is 18.3. The van der Waals surface area contributed by atoms with E-state index in [1.807, 2.05) is 48.5 Å². The molecule has 0 spiro atoms. The average Bonchev–Trinajstić information content (AvgIpc) is 3.07. The van der Waals surface area contributed by atoms with E-state index in [0.717, 1.165) is 16.0 Å². The number of hydrogen-bond donors (Lipinski definition) is 2. The lowest BCUT2D eigenvalue weighted by Gasteiger charge is -2.23. The highest BCUT2D eigenvalue weighted by atomic mass is 35.5. The molecule has 1 aliphatic heterocycles. The van der Waals surface area contributed by atoms with Gasteiger partial charge in [0.25, 0.3) is 5.91 Å². The molecule has 1 aliphatic rings. The van der Waals surface area contributed by atoms with Crippen LogP contribution in [0.2, 0.25) is 5.02 Å². The van der Waals surface area contributed by atoms with Crippen molar-refractivity contribution in [2.45, 2.75) is 18.5 Å². The van der Waals surface area contributed by atoms with Gasteiger partial charge in [-0.25, -0.2) is 4.79 Å². The molecule has 0 aliphatic carbocycles. The molecule has 3 aromatic rings. The Morgan fingerprint density at radius 1 is 1.03 bits per heavy atom. The van der Waals surface area contributed by atoms with Crippen LogP contribution < -0.4 is 10.6 Å². The second-order valence-electron chi connectivity index (χ2n) is 8.10. The SMILES string of the molecule is C[C@@]1(c2ccc(C#N)cc2)NC(=O)N(CC(=O)N[C@H](c2ccccc2)c2ccc(Cl)cc2)C1=O. The number of benzene rings is 3. The third-order valence-electron chi connectivity index (χ3n) is 5.81. The van der Waals surface area contributed by atoms with Crippen molar-refractivity contribution in [3.8, 4) is 6.07 Å². The number of halogens is 1. The Labute approximate surface area is 201 Å². The topological polar surface area (TPSA) is 102 Å². The zero-order valence-corrected chi connectivity index (χ0v) is 19.0. The molecule has 0 radical (unpaired) electrons. The summed E-state index contributed by atoms with van der Waals surface area (Å²) < 4.78 is 0. The second kappa shape index (κ2) is 9.38. The van der Waals surface area contributed by atoms with Crippen molar-refractivity contribution in [2.24, 2.45) is 0 Å². The highest BCUT2D eigenvalue weighted by molar-refractivity contribution is 6.30. The minimum absolute atomic E-state index is 0.437. The molecule has 1 saturated heterocycles. The average molecular weight is 473 g/mol. The van der Waals surface area contributed by atoms with Crippen molar-refractivity contribution in [1.29, 1.82) is 5.26 Å². The maximum Gasteiger partial charge on any atom is 0.325 e. The van der Waals surface area contributed by atoms with Gasteiger partial charge in [0.15, 0.2) is 0 Å². The van der Waals surface area contributed by atoms with E-state index in [9.17, 15) is 14.4 Å². The maximum absolute atomic E-state index is 13.2. The number of nitrogens with one attached hydrogen (secondary N) is 2. The number of amides is 4. The van der Waals surface area contributed by atoms with E-state index >= 15 is 0 Å². The van der Waals surface area contributed by atoms with Gasteiger partial charge in [-0.15, -0.1) is 0 Å². The number of nitriles is 1. The summed E-state index contributed by atoms with van der Waals surface area (Å²) in [5.41, 5.74) is 1.28. The van der Waals surface area contributed by atoms with E-state index in [1.165, 1.54) is 0 Å². The van der Waals surface area contributed by atoms with Crippen LogP contribution in [0.25, 0.3) is 0 Å². The normalized spacial score (nSPS) is 18.2.